The zero-order chi connectivity index (χ0) is 20.6. The smallest absolute Gasteiger partial charge is 0.171 e. The van der Waals surface area contributed by atoms with E-state index >= 15 is 0 Å². The SMILES string of the molecule is CC(C)(C)[S+]([O-])N[C@@](C)(CS(=O)(=O)C(C)(C)C#N)c1cccc(F)c1F. The van der Waals surface area contributed by atoms with Crippen molar-refractivity contribution < 1.29 is 21.8 Å². The number of sulfone groups is 1. The third-order valence-electron chi connectivity index (χ3n) is 3.95. The Morgan fingerprint density at radius 2 is 1.73 bits per heavy atom. The Bertz CT molecular complexity index is 814. The highest BCUT2D eigenvalue weighted by atomic mass is 32.2. The molecule has 1 aromatic rings. The molecule has 1 N–H and O–H groups in total. The molecule has 5 nitrogen and oxygen atoms in total. The second kappa shape index (κ2) is 7.43. The van der Waals surface area contributed by atoms with Crippen molar-refractivity contribution in [2.75, 3.05) is 5.75 Å². The summed E-state index contributed by atoms with van der Waals surface area (Å²) in [4.78, 5) is 0. The van der Waals surface area contributed by atoms with E-state index in [1.165, 1.54) is 32.9 Å². The summed E-state index contributed by atoms with van der Waals surface area (Å²) in [5.74, 6) is -3.10. The fourth-order valence-corrected chi connectivity index (χ4v) is 4.56. The number of hydrogen-bond acceptors (Lipinski definition) is 5. The van der Waals surface area contributed by atoms with Gasteiger partial charge in [0.1, 0.15) is 10.3 Å². The quantitative estimate of drug-likeness (QED) is 0.733. The molecule has 2 atom stereocenters. The summed E-state index contributed by atoms with van der Waals surface area (Å²) in [6.45, 7) is 8.76. The zero-order valence-electron chi connectivity index (χ0n) is 15.7. The van der Waals surface area contributed by atoms with Crippen LogP contribution >= 0.6 is 0 Å². The highest BCUT2D eigenvalue weighted by Gasteiger charge is 2.46. The molecule has 0 spiro atoms. The van der Waals surface area contributed by atoms with Gasteiger partial charge in [0.2, 0.25) is 0 Å². The molecule has 146 valence electrons. The molecule has 0 saturated heterocycles. The van der Waals surface area contributed by atoms with Gasteiger partial charge in [0.15, 0.2) is 26.2 Å². The molecule has 0 fully saturated rings. The summed E-state index contributed by atoms with van der Waals surface area (Å²) in [5.41, 5.74) is -1.98. The van der Waals surface area contributed by atoms with Crippen molar-refractivity contribution in [2.24, 2.45) is 0 Å². The fourth-order valence-electron chi connectivity index (χ4n) is 2.08. The van der Waals surface area contributed by atoms with Crippen molar-refractivity contribution in [1.82, 2.24) is 4.72 Å². The van der Waals surface area contributed by atoms with E-state index < -0.39 is 53.6 Å². The van der Waals surface area contributed by atoms with E-state index in [-0.39, 0.29) is 5.56 Å². The molecule has 0 amide bonds. The molecule has 0 heterocycles. The number of rotatable bonds is 6. The molecular formula is C17H24F2N2O3S2. The largest absolute Gasteiger partial charge is 0.598 e. The van der Waals surface area contributed by atoms with Crippen LogP contribution in [0.5, 0.6) is 0 Å². The van der Waals surface area contributed by atoms with Crippen LogP contribution in [0.2, 0.25) is 0 Å². The van der Waals surface area contributed by atoms with E-state index in [1.54, 1.807) is 26.8 Å². The Morgan fingerprint density at radius 3 is 2.19 bits per heavy atom. The van der Waals surface area contributed by atoms with Crippen molar-refractivity contribution in [3.63, 3.8) is 0 Å². The van der Waals surface area contributed by atoms with Gasteiger partial charge in [-0.15, -0.1) is 4.72 Å². The van der Waals surface area contributed by atoms with Gasteiger partial charge in [0.05, 0.1) is 11.8 Å². The first-order valence-electron chi connectivity index (χ1n) is 7.85. The minimum Gasteiger partial charge on any atom is -0.598 e. The van der Waals surface area contributed by atoms with E-state index in [1.807, 2.05) is 0 Å². The highest BCUT2D eigenvalue weighted by molar-refractivity contribution is 7.93. The Morgan fingerprint density at radius 1 is 1.19 bits per heavy atom. The lowest BCUT2D eigenvalue weighted by Crippen LogP contribution is -2.55. The first-order valence-corrected chi connectivity index (χ1v) is 10.7. The lowest BCUT2D eigenvalue weighted by molar-refractivity contribution is 0.414. The van der Waals surface area contributed by atoms with Crippen LogP contribution in [-0.2, 0) is 26.7 Å². The molecule has 0 saturated carbocycles. The predicted octanol–water partition coefficient (Wildman–Crippen LogP) is 2.95. The molecular weight excluding hydrogens is 382 g/mol. The van der Waals surface area contributed by atoms with E-state index in [0.717, 1.165) is 6.07 Å². The number of nitriles is 1. The topological polar surface area (TPSA) is 93.0 Å². The van der Waals surface area contributed by atoms with Gasteiger partial charge in [-0.2, -0.15) is 5.26 Å². The lowest BCUT2D eigenvalue weighted by Gasteiger charge is -2.36. The number of nitrogens with zero attached hydrogens (tertiary/aromatic N) is 1. The Kier molecular flexibility index (Phi) is 6.52. The molecule has 1 aromatic carbocycles. The van der Waals surface area contributed by atoms with Gasteiger partial charge in [-0.3, -0.25) is 0 Å². The standard InChI is InChI=1S/C17H24F2N2O3S2/c1-15(2,3)25(22)21-17(6,11-26(23,24)16(4,5)10-20)12-8-7-9-13(18)14(12)19/h7-9,21H,11H2,1-6H3/t17-,25?/m0/s1. The second-order valence-electron chi connectivity index (χ2n) is 7.80. The van der Waals surface area contributed by atoms with Crippen molar-refractivity contribution in [3.05, 3.63) is 35.4 Å². The summed E-state index contributed by atoms with van der Waals surface area (Å²) in [5, 5.41) is 9.16. The zero-order valence-corrected chi connectivity index (χ0v) is 17.3. The van der Waals surface area contributed by atoms with Gasteiger partial charge >= 0.3 is 0 Å². The predicted molar refractivity (Wildman–Crippen MR) is 98.2 cm³/mol. The van der Waals surface area contributed by atoms with Crippen molar-refractivity contribution >= 4 is 21.2 Å². The van der Waals surface area contributed by atoms with Crippen LogP contribution in [-0.4, -0.2) is 28.2 Å². The second-order valence-corrected chi connectivity index (χ2v) is 12.3. The maximum absolute atomic E-state index is 14.4. The molecule has 1 unspecified atom stereocenters. The summed E-state index contributed by atoms with van der Waals surface area (Å²) in [7, 11) is -4.08. The molecule has 26 heavy (non-hydrogen) atoms. The molecule has 0 aliphatic rings. The number of halogens is 2. The molecule has 1 rings (SSSR count). The van der Waals surface area contributed by atoms with Crippen LogP contribution in [0, 0.1) is 23.0 Å². The van der Waals surface area contributed by atoms with Gasteiger partial charge in [0, 0.05) is 16.9 Å². The number of nitrogens with one attached hydrogen (secondary N) is 1. The summed E-state index contributed by atoms with van der Waals surface area (Å²) in [6.07, 6.45) is 0. The van der Waals surface area contributed by atoms with E-state index in [2.05, 4.69) is 4.72 Å². The Labute approximate surface area is 157 Å². The van der Waals surface area contributed by atoms with Gasteiger partial charge in [-0.25, -0.2) is 17.2 Å². The molecule has 0 radical (unpaired) electrons. The van der Waals surface area contributed by atoms with Crippen LogP contribution in [0.15, 0.2) is 18.2 Å². The van der Waals surface area contributed by atoms with E-state index in [4.69, 9.17) is 5.26 Å². The van der Waals surface area contributed by atoms with Gasteiger partial charge in [0.25, 0.3) is 0 Å². The van der Waals surface area contributed by atoms with Crippen LogP contribution in [0.3, 0.4) is 0 Å². The maximum atomic E-state index is 14.4. The average Bonchev–Trinajstić information content (AvgIpc) is 2.48. The molecule has 0 aliphatic carbocycles. The molecule has 0 aromatic heterocycles. The van der Waals surface area contributed by atoms with Crippen LogP contribution in [0.25, 0.3) is 0 Å². The third kappa shape index (κ3) is 4.74. The van der Waals surface area contributed by atoms with E-state index in [0.29, 0.717) is 0 Å². The average molecular weight is 407 g/mol. The first-order chi connectivity index (χ1) is 11.6. The normalized spacial score (nSPS) is 16.6. The minimum absolute atomic E-state index is 0.271. The van der Waals surface area contributed by atoms with Crippen LogP contribution in [0.1, 0.15) is 47.1 Å². The summed E-state index contributed by atoms with van der Waals surface area (Å²) < 4.78 is 66.3. The van der Waals surface area contributed by atoms with Crippen molar-refractivity contribution in [2.45, 2.75) is 56.6 Å². The number of benzene rings is 1. The lowest BCUT2D eigenvalue weighted by atomic mass is 9.94. The van der Waals surface area contributed by atoms with E-state index in [9.17, 15) is 21.8 Å². The van der Waals surface area contributed by atoms with Gasteiger partial charge in [-0.05, 0) is 47.6 Å². The molecule has 0 bridgehead atoms. The van der Waals surface area contributed by atoms with Crippen LogP contribution < -0.4 is 4.72 Å². The summed E-state index contributed by atoms with van der Waals surface area (Å²) >= 11 is -1.77. The minimum atomic E-state index is -4.08. The first kappa shape index (κ1) is 22.8. The van der Waals surface area contributed by atoms with Gasteiger partial charge in [-0.1, -0.05) is 12.1 Å². The van der Waals surface area contributed by atoms with Gasteiger partial charge < -0.3 is 4.55 Å². The summed E-state index contributed by atoms with van der Waals surface area (Å²) in [6, 6.07) is 5.10. The van der Waals surface area contributed by atoms with Crippen molar-refractivity contribution in [1.29, 1.82) is 5.26 Å². The Hall–Kier alpha value is -1.21. The maximum Gasteiger partial charge on any atom is 0.171 e. The van der Waals surface area contributed by atoms with Crippen LogP contribution in [0.4, 0.5) is 8.78 Å². The monoisotopic (exact) mass is 406 g/mol. The Balaban J connectivity index is 3.54. The number of hydrogen-bond donors (Lipinski definition) is 1. The van der Waals surface area contributed by atoms with Crippen molar-refractivity contribution in [3.8, 4) is 6.07 Å². The fraction of sp³-hybridized carbons (Fsp3) is 0.588. The molecule has 0 aliphatic heterocycles. The highest BCUT2D eigenvalue weighted by Crippen LogP contribution is 2.32. The third-order valence-corrected chi connectivity index (χ3v) is 8.30. The molecule has 9 heteroatoms.